The number of anilines is 1. The van der Waals surface area contributed by atoms with Crippen LogP contribution in [0.2, 0.25) is 0 Å². The largest absolute Gasteiger partial charge is 0.375 e. The normalized spacial score (nSPS) is 15.0. The molecule has 1 aliphatic rings. The summed E-state index contributed by atoms with van der Waals surface area (Å²) in [5, 5.41) is 2.15. The van der Waals surface area contributed by atoms with Crippen molar-refractivity contribution in [3.8, 4) is 0 Å². The SMILES string of the molecule is Nc1nc(C(=O)N2CC=C(c3ccccc3)CC2)cs1. The number of amides is 1. The molecule has 0 unspecified atom stereocenters. The summed E-state index contributed by atoms with van der Waals surface area (Å²) >= 11 is 1.30. The Morgan fingerprint density at radius 3 is 2.70 bits per heavy atom. The highest BCUT2D eigenvalue weighted by atomic mass is 32.1. The number of nitrogens with zero attached hydrogens (tertiary/aromatic N) is 2. The van der Waals surface area contributed by atoms with Gasteiger partial charge in [0.2, 0.25) is 0 Å². The van der Waals surface area contributed by atoms with Crippen LogP contribution in [0, 0.1) is 0 Å². The van der Waals surface area contributed by atoms with Gasteiger partial charge < -0.3 is 10.6 Å². The van der Waals surface area contributed by atoms with Gasteiger partial charge >= 0.3 is 0 Å². The molecule has 2 aromatic rings. The molecule has 20 heavy (non-hydrogen) atoms. The van der Waals surface area contributed by atoms with Crippen molar-refractivity contribution in [3.63, 3.8) is 0 Å². The summed E-state index contributed by atoms with van der Waals surface area (Å²) in [5.41, 5.74) is 8.55. The monoisotopic (exact) mass is 285 g/mol. The lowest BCUT2D eigenvalue weighted by atomic mass is 9.99. The number of aromatic nitrogens is 1. The number of hydrogen-bond acceptors (Lipinski definition) is 4. The summed E-state index contributed by atoms with van der Waals surface area (Å²) in [6, 6.07) is 10.3. The molecular weight excluding hydrogens is 270 g/mol. The molecule has 0 aliphatic carbocycles. The van der Waals surface area contributed by atoms with E-state index in [0.29, 0.717) is 17.4 Å². The van der Waals surface area contributed by atoms with Crippen molar-refractivity contribution in [2.45, 2.75) is 6.42 Å². The van der Waals surface area contributed by atoms with E-state index in [0.717, 1.165) is 13.0 Å². The van der Waals surface area contributed by atoms with Crippen molar-refractivity contribution in [3.05, 3.63) is 53.0 Å². The maximum absolute atomic E-state index is 12.2. The van der Waals surface area contributed by atoms with Gasteiger partial charge in [-0.3, -0.25) is 4.79 Å². The lowest BCUT2D eigenvalue weighted by molar-refractivity contribution is 0.0768. The Balaban J connectivity index is 1.72. The number of carbonyl (C=O) groups excluding carboxylic acids is 1. The number of carbonyl (C=O) groups is 1. The fourth-order valence-electron chi connectivity index (χ4n) is 2.32. The molecule has 102 valence electrons. The smallest absolute Gasteiger partial charge is 0.273 e. The molecule has 0 saturated carbocycles. The average Bonchev–Trinajstić information content (AvgIpc) is 2.94. The number of nitrogen functional groups attached to an aromatic ring is 1. The molecule has 1 aromatic heterocycles. The molecule has 0 radical (unpaired) electrons. The minimum absolute atomic E-state index is 0.0405. The van der Waals surface area contributed by atoms with Crippen LogP contribution < -0.4 is 5.73 Å². The predicted molar refractivity (Wildman–Crippen MR) is 81.5 cm³/mol. The first-order chi connectivity index (χ1) is 9.74. The molecule has 3 rings (SSSR count). The summed E-state index contributed by atoms with van der Waals surface area (Å²) in [6.45, 7) is 1.34. The first-order valence-electron chi connectivity index (χ1n) is 6.49. The molecular formula is C15H15N3OS. The van der Waals surface area contributed by atoms with Crippen LogP contribution in [0.3, 0.4) is 0 Å². The highest BCUT2D eigenvalue weighted by Crippen LogP contribution is 2.23. The van der Waals surface area contributed by atoms with Crippen LogP contribution in [0.5, 0.6) is 0 Å². The van der Waals surface area contributed by atoms with Crippen LogP contribution in [0.1, 0.15) is 22.5 Å². The van der Waals surface area contributed by atoms with E-state index in [1.54, 1.807) is 10.3 Å². The fourth-order valence-corrected chi connectivity index (χ4v) is 2.85. The minimum atomic E-state index is -0.0405. The molecule has 2 N–H and O–H groups in total. The maximum atomic E-state index is 12.2. The van der Waals surface area contributed by atoms with Gasteiger partial charge in [0, 0.05) is 18.5 Å². The zero-order valence-corrected chi connectivity index (χ0v) is 11.8. The third-order valence-electron chi connectivity index (χ3n) is 3.38. The van der Waals surface area contributed by atoms with Crippen LogP contribution >= 0.6 is 11.3 Å². The lowest BCUT2D eigenvalue weighted by Crippen LogP contribution is -2.34. The molecule has 0 saturated heterocycles. The van der Waals surface area contributed by atoms with Gasteiger partial charge in [-0.1, -0.05) is 36.4 Å². The van der Waals surface area contributed by atoms with Crippen LogP contribution in [0.4, 0.5) is 5.13 Å². The Hall–Kier alpha value is -2.14. The molecule has 1 amide bonds. The second-order valence-corrected chi connectivity index (χ2v) is 5.56. The average molecular weight is 285 g/mol. The van der Waals surface area contributed by atoms with E-state index in [1.165, 1.54) is 22.5 Å². The summed E-state index contributed by atoms with van der Waals surface area (Å²) in [5.74, 6) is -0.0405. The predicted octanol–water partition coefficient (Wildman–Crippen LogP) is 2.65. The Labute approximate surface area is 121 Å². The zero-order chi connectivity index (χ0) is 13.9. The minimum Gasteiger partial charge on any atom is -0.375 e. The summed E-state index contributed by atoms with van der Waals surface area (Å²) in [6.07, 6.45) is 2.99. The van der Waals surface area contributed by atoms with Crippen LogP contribution in [-0.2, 0) is 0 Å². The van der Waals surface area contributed by atoms with Crippen molar-refractivity contribution >= 4 is 27.9 Å². The zero-order valence-electron chi connectivity index (χ0n) is 11.0. The van der Waals surface area contributed by atoms with Gasteiger partial charge in [0.1, 0.15) is 5.69 Å². The van der Waals surface area contributed by atoms with Gasteiger partial charge in [-0.05, 0) is 17.6 Å². The number of hydrogen-bond donors (Lipinski definition) is 1. The van der Waals surface area contributed by atoms with Gasteiger partial charge in [0.15, 0.2) is 5.13 Å². The summed E-state index contributed by atoms with van der Waals surface area (Å²) in [4.78, 5) is 18.1. The van der Waals surface area contributed by atoms with Gasteiger partial charge in [-0.25, -0.2) is 4.98 Å². The maximum Gasteiger partial charge on any atom is 0.273 e. The number of rotatable bonds is 2. The Bertz CT molecular complexity index is 648. The molecule has 0 fully saturated rings. The van der Waals surface area contributed by atoms with Crippen molar-refractivity contribution in [1.29, 1.82) is 0 Å². The highest BCUT2D eigenvalue weighted by Gasteiger charge is 2.21. The van der Waals surface area contributed by atoms with Crippen molar-refractivity contribution in [1.82, 2.24) is 9.88 Å². The van der Waals surface area contributed by atoms with E-state index in [-0.39, 0.29) is 5.91 Å². The Morgan fingerprint density at radius 2 is 2.10 bits per heavy atom. The second kappa shape index (κ2) is 5.46. The first-order valence-corrected chi connectivity index (χ1v) is 7.37. The van der Waals surface area contributed by atoms with Gasteiger partial charge in [-0.15, -0.1) is 11.3 Å². The molecule has 4 nitrogen and oxygen atoms in total. The number of thiazole rings is 1. The van der Waals surface area contributed by atoms with Gasteiger partial charge in [0.05, 0.1) is 0 Å². The number of nitrogens with two attached hydrogens (primary N) is 1. The standard InChI is InChI=1S/C15H15N3OS/c16-15-17-13(10-20-15)14(19)18-8-6-12(7-9-18)11-4-2-1-3-5-11/h1-6,10H,7-9H2,(H2,16,17). The van der Waals surface area contributed by atoms with Crippen molar-refractivity contribution in [2.75, 3.05) is 18.8 Å². The van der Waals surface area contributed by atoms with E-state index in [9.17, 15) is 4.79 Å². The lowest BCUT2D eigenvalue weighted by Gasteiger charge is -2.26. The third kappa shape index (κ3) is 2.58. The molecule has 5 heteroatoms. The Kier molecular flexibility index (Phi) is 3.52. The summed E-state index contributed by atoms with van der Waals surface area (Å²) in [7, 11) is 0. The Morgan fingerprint density at radius 1 is 1.30 bits per heavy atom. The van der Waals surface area contributed by atoms with E-state index in [4.69, 9.17) is 5.73 Å². The molecule has 2 heterocycles. The van der Waals surface area contributed by atoms with Crippen LogP contribution in [0.15, 0.2) is 41.8 Å². The first kappa shape index (κ1) is 12.9. The van der Waals surface area contributed by atoms with Crippen LogP contribution in [-0.4, -0.2) is 28.9 Å². The molecule has 1 aliphatic heterocycles. The van der Waals surface area contributed by atoms with Gasteiger partial charge in [-0.2, -0.15) is 0 Å². The van der Waals surface area contributed by atoms with Crippen molar-refractivity contribution in [2.24, 2.45) is 0 Å². The van der Waals surface area contributed by atoms with Gasteiger partial charge in [0.25, 0.3) is 5.91 Å². The van der Waals surface area contributed by atoms with E-state index in [1.807, 2.05) is 18.2 Å². The van der Waals surface area contributed by atoms with Crippen LogP contribution in [0.25, 0.3) is 5.57 Å². The van der Waals surface area contributed by atoms with E-state index < -0.39 is 0 Å². The molecule has 0 spiro atoms. The van der Waals surface area contributed by atoms with E-state index >= 15 is 0 Å². The third-order valence-corrected chi connectivity index (χ3v) is 4.06. The molecule has 0 bridgehead atoms. The molecule has 1 aromatic carbocycles. The fraction of sp³-hybridized carbons (Fsp3) is 0.200. The van der Waals surface area contributed by atoms with E-state index in [2.05, 4.69) is 23.2 Å². The second-order valence-electron chi connectivity index (χ2n) is 4.67. The highest BCUT2D eigenvalue weighted by molar-refractivity contribution is 7.13. The summed E-state index contributed by atoms with van der Waals surface area (Å²) < 4.78 is 0. The van der Waals surface area contributed by atoms with Crippen molar-refractivity contribution < 1.29 is 4.79 Å². The molecule has 0 atom stereocenters. The topological polar surface area (TPSA) is 59.2 Å². The number of benzene rings is 1. The quantitative estimate of drug-likeness (QED) is 0.922.